The lowest BCUT2D eigenvalue weighted by Crippen LogP contribution is -2.17. The molecule has 6 heteroatoms. The van der Waals surface area contributed by atoms with Crippen LogP contribution < -0.4 is 14.8 Å². The number of rotatable bonds is 3. The Kier molecular flexibility index (Phi) is 4.74. The molecule has 0 amide bonds. The van der Waals surface area contributed by atoms with Gasteiger partial charge in [-0.15, -0.1) is 11.3 Å². The molecule has 2 aromatic rings. The second-order valence-corrected chi connectivity index (χ2v) is 7.64. The van der Waals surface area contributed by atoms with Gasteiger partial charge in [-0.05, 0) is 46.7 Å². The van der Waals surface area contributed by atoms with Crippen LogP contribution in [0, 0.1) is 0 Å². The van der Waals surface area contributed by atoms with Crippen LogP contribution in [0.3, 0.4) is 0 Å². The summed E-state index contributed by atoms with van der Waals surface area (Å²) in [5, 5.41) is 4.00. The number of nitrogens with one attached hydrogen (secondary N) is 1. The van der Waals surface area contributed by atoms with Gasteiger partial charge in [-0.1, -0.05) is 11.6 Å². The molecule has 3 rings (SSSR count). The van der Waals surface area contributed by atoms with Crippen LogP contribution in [-0.4, -0.2) is 20.3 Å². The Morgan fingerprint density at radius 1 is 1.24 bits per heavy atom. The average molecular weight is 389 g/mol. The normalized spacial score (nSPS) is 15.6. The predicted octanol–water partition coefficient (Wildman–Crippen LogP) is 4.63. The first-order valence-electron chi connectivity index (χ1n) is 6.70. The summed E-state index contributed by atoms with van der Waals surface area (Å²) >= 11 is 11.7. The van der Waals surface area contributed by atoms with Crippen molar-refractivity contribution in [2.45, 2.75) is 12.5 Å². The largest absolute Gasteiger partial charge is 0.490 e. The van der Waals surface area contributed by atoms with Crippen molar-refractivity contribution in [3.05, 3.63) is 43.5 Å². The van der Waals surface area contributed by atoms with Crippen LogP contribution in [0.15, 0.2) is 28.1 Å². The van der Waals surface area contributed by atoms with Gasteiger partial charge in [-0.25, -0.2) is 0 Å². The molecule has 0 saturated heterocycles. The molecule has 1 unspecified atom stereocenters. The summed E-state index contributed by atoms with van der Waals surface area (Å²) < 4.78 is 12.5. The summed E-state index contributed by atoms with van der Waals surface area (Å²) in [5.41, 5.74) is 0.998. The molecule has 1 aromatic carbocycles. The summed E-state index contributed by atoms with van der Waals surface area (Å²) in [4.78, 5) is 1.20. The number of benzene rings is 1. The fourth-order valence-corrected chi connectivity index (χ4v) is 4.17. The van der Waals surface area contributed by atoms with Crippen LogP contribution in [0.5, 0.6) is 11.5 Å². The molecule has 0 saturated carbocycles. The van der Waals surface area contributed by atoms with Gasteiger partial charge in [0.25, 0.3) is 0 Å². The quantitative estimate of drug-likeness (QED) is 0.831. The van der Waals surface area contributed by atoms with E-state index in [0.717, 1.165) is 27.3 Å². The Hall–Kier alpha value is -0.750. The molecule has 1 aliphatic heterocycles. The van der Waals surface area contributed by atoms with Gasteiger partial charge in [-0.3, -0.25) is 0 Å². The van der Waals surface area contributed by atoms with E-state index in [-0.39, 0.29) is 6.04 Å². The third-order valence-corrected chi connectivity index (χ3v) is 5.36. The molecule has 0 bridgehead atoms. The Morgan fingerprint density at radius 3 is 2.57 bits per heavy atom. The molecule has 2 heterocycles. The number of ether oxygens (including phenoxy) is 2. The van der Waals surface area contributed by atoms with Crippen LogP contribution in [-0.2, 0) is 0 Å². The summed E-state index contributed by atoms with van der Waals surface area (Å²) in [7, 11) is 1.93. The summed E-state index contributed by atoms with van der Waals surface area (Å²) in [6, 6.07) is 8.00. The van der Waals surface area contributed by atoms with Gasteiger partial charge in [0.2, 0.25) is 0 Å². The molecule has 21 heavy (non-hydrogen) atoms. The van der Waals surface area contributed by atoms with E-state index in [4.69, 9.17) is 21.1 Å². The van der Waals surface area contributed by atoms with Crippen LogP contribution >= 0.6 is 38.9 Å². The molecule has 1 N–H and O–H groups in total. The van der Waals surface area contributed by atoms with Gasteiger partial charge in [0.15, 0.2) is 11.5 Å². The highest BCUT2D eigenvalue weighted by atomic mass is 79.9. The molecule has 0 spiro atoms. The van der Waals surface area contributed by atoms with E-state index in [1.54, 1.807) is 11.3 Å². The second-order valence-electron chi connectivity index (χ2n) is 4.73. The van der Waals surface area contributed by atoms with E-state index in [9.17, 15) is 0 Å². The number of hydrogen-bond acceptors (Lipinski definition) is 4. The predicted molar refractivity (Wildman–Crippen MR) is 90.0 cm³/mol. The average Bonchev–Trinajstić information content (AvgIpc) is 2.76. The zero-order chi connectivity index (χ0) is 14.8. The number of fused-ring (bicyclic) bond motifs is 1. The lowest BCUT2D eigenvalue weighted by atomic mass is 10.0. The lowest BCUT2D eigenvalue weighted by molar-refractivity contribution is 0.297. The maximum Gasteiger partial charge on any atom is 0.162 e. The van der Waals surface area contributed by atoms with E-state index < -0.39 is 0 Å². The van der Waals surface area contributed by atoms with E-state index in [0.29, 0.717) is 18.2 Å². The van der Waals surface area contributed by atoms with Crippen LogP contribution in [0.4, 0.5) is 0 Å². The van der Waals surface area contributed by atoms with Gasteiger partial charge in [0, 0.05) is 22.4 Å². The number of halogens is 2. The van der Waals surface area contributed by atoms with Crippen molar-refractivity contribution in [2.24, 2.45) is 0 Å². The first-order chi connectivity index (χ1) is 10.2. The highest BCUT2D eigenvalue weighted by Gasteiger charge is 2.21. The topological polar surface area (TPSA) is 30.5 Å². The van der Waals surface area contributed by atoms with Crippen molar-refractivity contribution in [2.75, 3.05) is 20.3 Å². The zero-order valence-electron chi connectivity index (χ0n) is 11.5. The van der Waals surface area contributed by atoms with Crippen molar-refractivity contribution >= 4 is 38.9 Å². The third kappa shape index (κ3) is 3.21. The minimum Gasteiger partial charge on any atom is -0.490 e. The fraction of sp³-hybridized carbons (Fsp3) is 0.333. The van der Waals surface area contributed by atoms with Crippen LogP contribution in [0.25, 0.3) is 0 Å². The Labute approximate surface area is 141 Å². The minimum absolute atomic E-state index is 0.0333. The highest BCUT2D eigenvalue weighted by Crippen LogP contribution is 2.40. The van der Waals surface area contributed by atoms with Crippen molar-refractivity contribution in [3.8, 4) is 11.5 Å². The van der Waals surface area contributed by atoms with Gasteiger partial charge in [-0.2, -0.15) is 0 Å². The van der Waals surface area contributed by atoms with Gasteiger partial charge < -0.3 is 14.8 Å². The molecule has 0 aliphatic carbocycles. The second kappa shape index (κ2) is 6.57. The molecule has 1 aromatic heterocycles. The van der Waals surface area contributed by atoms with Crippen LogP contribution in [0.1, 0.15) is 22.9 Å². The highest BCUT2D eigenvalue weighted by molar-refractivity contribution is 9.11. The summed E-state index contributed by atoms with van der Waals surface area (Å²) in [5.74, 6) is 1.49. The van der Waals surface area contributed by atoms with Crippen LogP contribution in [0.2, 0.25) is 5.02 Å². The molecule has 112 valence electrons. The molecule has 0 radical (unpaired) electrons. The van der Waals surface area contributed by atoms with Gasteiger partial charge in [0.05, 0.1) is 23.0 Å². The molecule has 1 atom stereocenters. The van der Waals surface area contributed by atoms with Gasteiger partial charge in [0.1, 0.15) is 0 Å². The molecule has 3 nitrogen and oxygen atoms in total. The van der Waals surface area contributed by atoms with Crippen molar-refractivity contribution in [1.82, 2.24) is 5.32 Å². The molecular formula is C15H15BrClNO2S. The Bertz CT molecular complexity index is 647. The molecular weight excluding hydrogens is 374 g/mol. The lowest BCUT2D eigenvalue weighted by Gasteiger charge is -2.19. The number of hydrogen-bond donors (Lipinski definition) is 1. The molecule has 1 aliphatic rings. The fourth-order valence-electron chi connectivity index (χ4n) is 2.36. The maximum absolute atomic E-state index is 6.46. The molecule has 0 fully saturated rings. The smallest absolute Gasteiger partial charge is 0.162 e. The van der Waals surface area contributed by atoms with Crippen molar-refractivity contribution in [3.63, 3.8) is 0 Å². The van der Waals surface area contributed by atoms with E-state index >= 15 is 0 Å². The monoisotopic (exact) mass is 387 g/mol. The van der Waals surface area contributed by atoms with E-state index in [1.807, 2.05) is 25.2 Å². The standard InChI is InChI=1S/C15H15BrClNO2S/c1-18-15(13-3-4-14(16)21-13)9-7-11-12(8-10(9)17)20-6-2-5-19-11/h3-4,7-8,15,18H,2,5-6H2,1H3. The van der Waals surface area contributed by atoms with Gasteiger partial charge >= 0.3 is 0 Å². The van der Waals surface area contributed by atoms with E-state index in [2.05, 4.69) is 27.3 Å². The zero-order valence-corrected chi connectivity index (χ0v) is 14.6. The summed E-state index contributed by atoms with van der Waals surface area (Å²) in [6.45, 7) is 1.33. The first kappa shape index (κ1) is 15.2. The van der Waals surface area contributed by atoms with Crippen molar-refractivity contribution in [1.29, 1.82) is 0 Å². The number of thiophene rings is 1. The maximum atomic E-state index is 6.46. The SMILES string of the molecule is CNC(c1ccc(Br)s1)c1cc2c(cc1Cl)OCCCO2. The Balaban J connectivity index is 2.02. The minimum atomic E-state index is 0.0333. The summed E-state index contributed by atoms with van der Waals surface area (Å²) in [6.07, 6.45) is 0.884. The Morgan fingerprint density at radius 2 is 1.95 bits per heavy atom. The van der Waals surface area contributed by atoms with Crippen molar-refractivity contribution < 1.29 is 9.47 Å². The first-order valence-corrected chi connectivity index (χ1v) is 8.69. The third-order valence-electron chi connectivity index (χ3n) is 3.35. The van der Waals surface area contributed by atoms with E-state index in [1.165, 1.54) is 4.88 Å².